The molecule has 0 radical (unpaired) electrons. The van der Waals surface area contributed by atoms with Crippen LogP contribution in [0.15, 0.2) is 30.4 Å². The monoisotopic (exact) mass is 302 g/mol. The van der Waals surface area contributed by atoms with Crippen molar-refractivity contribution < 1.29 is 4.79 Å². The second-order valence-electron chi connectivity index (χ2n) is 9.28. The van der Waals surface area contributed by atoms with Gasteiger partial charge >= 0.3 is 0 Å². The Labute approximate surface area is 137 Å². The van der Waals surface area contributed by atoms with Crippen LogP contribution in [0.2, 0.25) is 0 Å². The van der Waals surface area contributed by atoms with Crippen molar-refractivity contribution in [2.24, 2.45) is 47.3 Å². The summed E-state index contributed by atoms with van der Waals surface area (Å²) in [4.78, 5) is 11.2. The van der Waals surface area contributed by atoms with Crippen LogP contribution in [-0.2, 0) is 0 Å². The van der Waals surface area contributed by atoms with Gasteiger partial charge in [0.25, 0.3) is 0 Å². The van der Waals surface area contributed by atoms with Gasteiger partial charge in [0.05, 0.1) is 0 Å². The van der Waals surface area contributed by atoms with Crippen molar-refractivity contribution in [2.75, 3.05) is 0 Å². The molecule has 6 bridgehead atoms. The van der Waals surface area contributed by atoms with Gasteiger partial charge in [-0.1, -0.05) is 24.3 Å². The summed E-state index contributed by atoms with van der Waals surface area (Å²) < 4.78 is 0. The highest BCUT2D eigenvalue weighted by Crippen LogP contribution is 2.77. The molecule has 1 nitrogen and oxygen atoms in total. The van der Waals surface area contributed by atoms with Crippen molar-refractivity contribution in [1.82, 2.24) is 0 Å². The van der Waals surface area contributed by atoms with E-state index in [2.05, 4.69) is 30.4 Å². The molecular weight excluding hydrogens is 280 g/mol. The Balaban J connectivity index is 1.36. The van der Waals surface area contributed by atoms with Crippen LogP contribution in [-0.4, -0.2) is 6.29 Å². The first-order chi connectivity index (χ1) is 11.3. The maximum Gasteiger partial charge on any atom is 0.150 e. The Morgan fingerprint density at radius 3 is 2.17 bits per heavy atom. The predicted molar refractivity (Wildman–Crippen MR) is 88.2 cm³/mol. The van der Waals surface area contributed by atoms with Crippen molar-refractivity contribution in [3.63, 3.8) is 0 Å². The van der Waals surface area contributed by atoms with Gasteiger partial charge in [-0.05, 0) is 95.6 Å². The molecule has 6 aliphatic carbocycles. The molecule has 0 saturated heterocycles. The molecule has 10 unspecified atom stereocenters. The largest absolute Gasteiger partial charge is 0.298 e. The Hall–Kier alpha value is -1.37. The van der Waals surface area contributed by atoms with Gasteiger partial charge in [0.1, 0.15) is 6.29 Å². The van der Waals surface area contributed by atoms with Crippen LogP contribution in [0.5, 0.6) is 0 Å². The lowest BCUT2D eigenvalue weighted by Gasteiger charge is -2.44. The fourth-order valence-electron chi connectivity index (χ4n) is 8.85. The van der Waals surface area contributed by atoms with E-state index in [0.717, 1.165) is 71.0 Å². The van der Waals surface area contributed by atoms with Gasteiger partial charge in [-0.25, -0.2) is 0 Å². The minimum Gasteiger partial charge on any atom is -0.298 e. The molecule has 0 aromatic heterocycles. The molecule has 0 N–H and O–H groups in total. The van der Waals surface area contributed by atoms with Crippen molar-refractivity contribution in [3.05, 3.63) is 47.0 Å². The molecule has 0 amide bonds. The number of rotatable bonds is 1. The van der Waals surface area contributed by atoms with Crippen molar-refractivity contribution in [3.8, 4) is 0 Å². The second kappa shape index (κ2) is 3.66. The standard InChI is InChI=1S/C22H22O/c23-9-10-1-4-13-14(5-10)16-7-15(13)21-17-8-18(22(16)21)20-12-3-2-11(6-12)19(17)20/h1-5,9,11-12,15-22H,6-8H2. The highest BCUT2D eigenvalue weighted by atomic mass is 16.1. The number of allylic oxidation sites excluding steroid dienone is 2. The fraction of sp³-hybridized carbons (Fsp3) is 0.591. The average Bonchev–Trinajstić information content (AvgIpc) is 3.39. The third-order valence-corrected chi connectivity index (χ3v) is 9.03. The van der Waals surface area contributed by atoms with Gasteiger partial charge in [-0.15, -0.1) is 0 Å². The van der Waals surface area contributed by atoms with E-state index in [0.29, 0.717) is 0 Å². The van der Waals surface area contributed by atoms with Crippen LogP contribution < -0.4 is 0 Å². The summed E-state index contributed by atoms with van der Waals surface area (Å²) in [6.07, 6.45) is 10.6. The normalized spacial score (nSPS) is 55.3. The molecule has 1 heteroatoms. The molecule has 10 atom stereocenters. The van der Waals surface area contributed by atoms with Gasteiger partial charge in [-0.2, -0.15) is 0 Å². The van der Waals surface area contributed by atoms with Crippen LogP contribution in [0.3, 0.4) is 0 Å². The molecule has 1 aromatic carbocycles. The Morgan fingerprint density at radius 1 is 0.783 bits per heavy atom. The van der Waals surface area contributed by atoms with Crippen LogP contribution >= 0.6 is 0 Å². The number of carbonyl (C=O) groups excluding carboxylic acids is 1. The number of hydrogen-bond acceptors (Lipinski definition) is 1. The molecule has 0 heterocycles. The second-order valence-corrected chi connectivity index (χ2v) is 9.28. The third kappa shape index (κ3) is 1.16. The molecule has 7 rings (SSSR count). The summed E-state index contributed by atoms with van der Waals surface area (Å²) in [5.74, 6) is 9.45. The highest BCUT2D eigenvalue weighted by molar-refractivity contribution is 5.76. The molecule has 0 spiro atoms. The summed E-state index contributed by atoms with van der Waals surface area (Å²) in [6, 6.07) is 6.58. The van der Waals surface area contributed by atoms with Crippen LogP contribution in [0.1, 0.15) is 52.6 Å². The molecule has 6 aliphatic rings. The molecule has 1 aromatic rings. The fourth-order valence-corrected chi connectivity index (χ4v) is 8.85. The Morgan fingerprint density at radius 2 is 1.48 bits per heavy atom. The Bertz CT molecular complexity index is 776. The van der Waals surface area contributed by atoms with E-state index in [1.165, 1.54) is 19.3 Å². The number of fused-ring (bicyclic) bond motifs is 19. The lowest BCUT2D eigenvalue weighted by Crippen LogP contribution is -2.39. The summed E-state index contributed by atoms with van der Waals surface area (Å²) in [5.41, 5.74) is 4.06. The topological polar surface area (TPSA) is 17.1 Å². The first-order valence-corrected chi connectivity index (χ1v) is 9.62. The quantitative estimate of drug-likeness (QED) is 0.427. The van der Waals surface area contributed by atoms with E-state index < -0.39 is 0 Å². The molecular formula is C22H22O. The smallest absolute Gasteiger partial charge is 0.150 e. The number of aldehydes is 1. The number of hydrogen-bond donors (Lipinski definition) is 0. The minimum absolute atomic E-state index is 0.777. The minimum atomic E-state index is 0.777. The molecule has 116 valence electrons. The molecule has 4 saturated carbocycles. The van der Waals surface area contributed by atoms with Crippen LogP contribution in [0.4, 0.5) is 0 Å². The summed E-state index contributed by atoms with van der Waals surface area (Å²) in [7, 11) is 0. The van der Waals surface area contributed by atoms with Gasteiger partial charge in [0.15, 0.2) is 0 Å². The first kappa shape index (κ1) is 12.1. The maximum absolute atomic E-state index is 11.2. The third-order valence-electron chi connectivity index (χ3n) is 9.03. The van der Waals surface area contributed by atoms with Crippen molar-refractivity contribution in [2.45, 2.75) is 31.1 Å². The highest BCUT2D eigenvalue weighted by Gasteiger charge is 2.70. The maximum atomic E-state index is 11.2. The van der Waals surface area contributed by atoms with Gasteiger partial charge in [-0.3, -0.25) is 4.79 Å². The number of carbonyl (C=O) groups is 1. The van der Waals surface area contributed by atoms with E-state index in [4.69, 9.17) is 0 Å². The van der Waals surface area contributed by atoms with Gasteiger partial charge < -0.3 is 0 Å². The SMILES string of the molecule is O=Cc1ccc2c(c1)C1CC2C2C3CC(C4C5C=CC(C5)C34)C12. The number of benzene rings is 1. The summed E-state index contributed by atoms with van der Waals surface area (Å²) in [6.45, 7) is 0. The van der Waals surface area contributed by atoms with E-state index >= 15 is 0 Å². The van der Waals surface area contributed by atoms with Crippen molar-refractivity contribution >= 4 is 6.29 Å². The molecule has 0 aliphatic heterocycles. The first-order valence-electron chi connectivity index (χ1n) is 9.62. The zero-order valence-corrected chi connectivity index (χ0v) is 13.3. The van der Waals surface area contributed by atoms with E-state index in [9.17, 15) is 4.79 Å². The van der Waals surface area contributed by atoms with E-state index in [1.807, 2.05) is 0 Å². The lowest BCUT2D eigenvalue weighted by atomic mass is 9.60. The molecule has 23 heavy (non-hydrogen) atoms. The molecule has 4 fully saturated rings. The van der Waals surface area contributed by atoms with Gasteiger partial charge in [0, 0.05) is 5.56 Å². The summed E-state index contributed by atoms with van der Waals surface area (Å²) >= 11 is 0. The van der Waals surface area contributed by atoms with E-state index in [-0.39, 0.29) is 0 Å². The zero-order chi connectivity index (χ0) is 14.9. The summed E-state index contributed by atoms with van der Waals surface area (Å²) in [5, 5.41) is 0. The van der Waals surface area contributed by atoms with E-state index in [1.54, 1.807) is 11.1 Å². The van der Waals surface area contributed by atoms with Crippen LogP contribution in [0, 0.1) is 47.3 Å². The lowest BCUT2D eigenvalue weighted by molar-refractivity contribution is 0.0881. The van der Waals surface area contributed by atoms with Crippen LogP contribution in [0.25, 0.3) is 0 Å². The average molecular weight is 302 g/mol. The zero-order valence-electron chi connectivity index (χ0n) is 13.3. The van der Waals surface area contributed by atoms with Gasteiger partial charge in [0.2, 0.25) is 0 Å². The predicted octanol–water partition coefficient (Wildman–Crippen LogP) is 4.40. The Kier molecular flexibility index (Phi) is 1.92. The van der Waals surface area contributed by atoms with Crippen molar-refractivity contribution in [1.29, 1.82) is 0 Å².